The third kappa shape index (κ3) is 3.85. The van der Waals surface area contributed by atoms with Gasteiger partial charge in [-0.15, -0.1) is 0 Å². The summed E-state index contributed by atoms with van der Waals surface area (Å²) in [6.07, 6.45) is 0.691. The molecule has 0 radical (unpaired) electrons. The molecule has 0 saturated carbocycles. The molecule has 5 nitrogen and oxygen atoms in total. The molecule has 140 valence electrons. The van der Waals surface area contributed by atoms with E-state index >= 15 is 0 Å². The number of aromatic nitrogens is 3. The molecule has 4 rings (SSSR count). The van der Waals surface area contributed by atoms with Crippen LogP contribution in [-0.2, 0) is 12.7 Å². The summed E-state index contributed by atoms with van der Waals surface area (Å²) in [5, 5.41) is 0.645. The van der Waals surface area contributed by atoms with Crippen LogP contribution in [0.25, 0.3) is 10.9 Å². The summed E-state index contributed by atoms with van der Waals surface area (Å²) in [4.78, 5) is 16.7. The predicted octanol–water partition coefficient (Wildman–Crippen LogP) is 3.37. The molecule has 0 unspecified atom stereocenters. The van der Waals surface area contributed by atoms with E-state index < -0.39 is 11.9 Å². The topological polar surface area (TPSA) is 45.2 Å². The van der Waals surface area contributed by atoms with Gasteiger partial charge in [0.15, 0.2) is 0 Å². The second-order valence-corrected chi connectivity index (χ2v) is 6.52. The van der Waals surface area contributed by atoms with Crippen LogP contribution in [0.1, 0.15) is 11.3 Å². The molecule has 1 saturated heterocycles. The molecule has 1 fully saturated rings. The van der Waals surface area contributed by atoms with Crippen LogP contribution in [0.5, 0.6) is 0 Å². The Morgan fingerprint density at radius 3 is 2.48 bits per heavy atom. The molecule has 0 N–H and O–H groups in total. The van der Waals surface area contributed by atoms with Crippen LogP contribution in [0, 0.1) is 0 Å². The lowest BCUT2D eigenvalue weighted by Crippen LogP contribution is -2.46. The number of fused-ring (bicyclic) bond motifs is 1. The van der Waals surface area contributed by atoms with Crippen LogP contribution >= 0.6 is 0 Å². The normalized spacial score (nSPS) is 16.0. The number of piperazine rings is 1. The van der Waals surface area contributed by atoms with E-state index in [2.05, 4.69) is 30.8 Å². The van der Waals surface area contributed by atoms with Crippen molar-refractivity contribution in [2.75, 3.05) is 31.1 Å². The maximum atomic E-state index is 12.9. The zero-order chi connectivity index (χ0) is 18.9. The van der Waals surface area contributed by atoms with Crippen molar-refractivity contribution in [3.8, 4) is 0 Å². The Morgan fingerprint density at radius 1 is 0.963 bits per heavy atom. The van der Waals surface area contributed by atoms with E-state index in [9.17, 15) is 13.2 Å². The summed E-state index contributed by atoms with van der Waals surface area (Å²) in [6, 6.07) is 7.98. The first kappa shape index (κ1) is 17.7. The molecule has 4 heterocycles. The highest BCUT2D eigenvalue weighted by atomic mass is 19.4. The SMILES string of the molecule is FC(F)(F)c1ccc2c(N3CCN(Cc4cccnc4)CC3)nccc2n1. The van der Waals surface area contributed by atoms with E-state index in [1.165, 1.54) is 18.3 Å². The zero-order valence-electron chi connectivity index (χ0n) is 14.5. The predicted molar refractivity (Wildman–Crippen MR) is 96.3 cm³/mol. The van der Waals surface area contributed by atoms with Gasteiger partial charge in [-0.1, -0.05) is 6.07 Å². The van der Waals surface area contributed by atoms with E-state index in [1.54, 1.807) is 6.20 Å². The molecule has 1 aliphatic rings. The van der Waals surface area contributed by atoms with Crippen molar-refractivity contribution >= 4 is 16.7 Å². The smallest absolute Gasteiger partial charge is 0.353 e. The Hall–Kier alpha value is -2.74. The minimum absolute atomic E-state index is 0.313. The number of pyridine rings is 3. The Morgan fingerprint density at radius 2 is 1.78 bits per heavy atom. The molecule has 0 atom stereocenters. The number of nitrogens with zero attached hydrogens (tertiary/aromatic N) is 5. The molecule has 3 aromatic rings. The third-order valence-corrected chi connectivity index (χ3v) is 4.69. The first-order valence-corrected chi connectivity index (χ1v) is 8.70. The summed E-state index contributed by atoms with van der Waals surface area (Å²) < 4.78 is 38.7. The fourth-order valence-corrected chi connectivity index (χ4v) is 3.32. The van der Waals surface area contributed by atoms with Gasteiger partial charge in [-0.2, -0.15) is 13.2 Å². The van der Waals surface area contributed by atoms with E-state index in [1.807, 2.05) is 12.3 Å². The van der Waals surface area contributed by atoms with E-state index in [0.29, 0.717) is 16.7 Å². The summed E-state index contributed by atoms with van der Waals surface area (Å²) in [5.74, 6) is 0.690. The molecule has 0 amide bonds. The fraction of sp³-hybridized carbons (Fsp3) is 0.316. The van der Waals surface area contributed by atoms with E-state index in [4.69, 9.17) is 0 Å². The van der Waals surface area contributed by atoms with Gasteiger partial charge in [0.05, 0.1) is 5.52 Å². The highest BCUT2D eigenvalue weighted by molar-refractivity contribution is 5.89. The van der Waals surface area contributed by atoms with Crippen LogP contribution in [0.3, 0.4) is 0 Å². The third-order valence-electron chi connectivity index (χ3n) is 4.69. The van der Waals surface area contributed by atoms with Gasteiger partial charge in [0.2, 0.25) is 0 Å². The van der Waals surface area contributed by atoms with Gasteiger partial charge in [0.25, 0.3) is 0 Å². The molecule has 1 aliphatic heterocycles. The molecular formula is C19H18F3N5. The molecule has 0 aromatic carbocycles. The van der Waals surface area contributed by atoms with E-state index in [-0.39, 0.29) is 0 Å². The van der Waals surface area contributed by atoms with Gasteiger partial charge < -0.3 is 4.90 Å². The van der Waals surface area contributed by atoms with Crippen LogP contribution in [0.15, 0.2) is 48.9 Å². The number of hydrogen-bond acceptors (Lipinski definition) is 5. The average Bonchev–Trinajstić information content (AvgIpc) is 2.68. The van der Waals surface area contributed by atoms with Gasteiger partial charge in [-0.25, -0.2) is 9.97 Å². The molecule has 27 heavy (non-hydrogen) atoms. The van der Waals surface area contributed by atoms with Gasteiger partial charge >= 0.3 is 6.18 Å². The number of rotatable bonds is 3. The van der Waals surface area contributed by atoms with Crippen molar-refractivity contribution in [2.24, 2.45) is 0 Å². The van der Waals surface area contributed by atoms with Crippen LogP contribution < -0.4 is 4.90 Å². The Balaban J connectivity index is 1.50. The quantitative estimate of drug-likeness (QED) is 0.704. The number of alkyl halides is 3. The molecule has 3 aromatic heterocycles. The lowest BCUT2D eigenvalue weighted by molar-refractivity contribution is -0.140. The van der Waals surface area contributed by atoms with E-state index in [0.717, 1.165) is 44.4 Å². The zero-order valence-corrected chi connectivity index (χ0v) is 14.5. The van der Waals surface area contributed by atoms with Gasteiger partial charge in [-0.3, -0.25) is 9.88 Å². The van der Waals surface area contributed by atoms with Gasteiger partial charge in [-0.05, 0) is 29.8 Å². The van der Waals surface area contributed by atoms with Crippen molar-refractivity contribution in [1.29, 1.82) is 0 Å². The highest BCUT2D eigenvalue weighted by Gasteiger charge is 2.32. The monoisotopic (exact) mass is 373 g/mol. The standard InChI is InChI=1S/C19H18F3N5/c20-19(21,22)17-4-3-15-16(25-17)5-7-24-18(15)27-10-8-26(9-11-27)13-14-2-1-6-23-12-14/h1-7,12H,8-11,13H2. The summed E-state index contributed by atoms with van der Waals surface area (Å²) in [5.41, 5.74) is 0.596. The Kier molecular flexibility index (Phi) is 4.65. The minimum Gasteiger partial charge on any atom is -0.353 e. The molecule has 0 bridgehead atoms. The van der Waals surface area contributed by atoms with Crippen LogP contribution in [0.2, 0.25) is 0 Å². The second-order valence-electron chi connectivity index (χ2n) is 6.52. The Labute approximate surface area is 154 Å². The van der Waals surface area contributed by atoms with Gasteiger partial charge in [0.1, 0.15) is 11.5 Å². The molecule has 0 aliphatic carbocycles. The van der Waals surface area contributed by atoms with Crippen molar-refractivity contribution in [3.63, 3.8) is 0 Å². The molecule has 0 spiro atoms. The number of hydrogen-bond donors (Lipinski definition) is 0. The fourth-order valence-electron chi connectivity index (χ4n) is 3.32. The maximum absolute atomic E-state index is 12.9. The summed E-state index contributed by atoms with van der Waals surface area (Å²) in [6.45, 7) is 4.05. The number of halogens is 3. The second kappa shape index (κ2) is 7.11. The summed E-state index contributed by atoms with van der Waals surface area (Å²) in [7, 11) is 0. The average molecular weight is 373 g/mol. The first-order valence-electron chi connectivity index (χ1n) is 8.70. The summed E-state index contributed by atoms with van der Waals surface area (Å²) >= 11 is 0. The van der Waals surface area contributed by atoms with Crippen molar-refractivity contribution in [2.45, 2.75) is 12.7 Å². The Bertz CT molecular complexity index is 922. The van der Waals surface area contributed by atoms with Crippen molar-refractivity contribution in [1.82, 2.24) is 19.9 Å². The molecular weight excluding hydrogens is 355 g/mol. The first-order chi connectivity index (χ1) is 13.0. The van der Waals surface area contributed by atoms with Crippen molar-refractivity contribution in [3.05, 3.63) is 60.2 Å². The van der Waals surface area contributed by atoms with Crippen molar-refractivity contribution < 1.29 is 13.2 Å². The lowest BCUT2D eigenvalue weighted by Gasteiger charge is -2.35. The minimum atomic E-state index is -4.45. The van der Waals surface area contributed by atoms with Crippen LogP contribution in [-0.4, -0.2) is 46.0 Å². The number of anilines is 1. The van der Waals surface area contributed by atoms with Gasteiger partial charge in [0, 0.05) is 56.7 Å². The lowest BCUT2D eigenvalue weighted by atomic mass is 10.2. The largest absolute Gasteiger partial charge is 0.433 e. The maximum Gasteiger partial charge on any atom is 0.433 e. The highest BCUT2D eigenvalue weighted by Crippen LogP contribution is 2.31. The van der Waals surface area contributed by atoms with Crippen LogP contribution in [0.4, 0.5) is 19.0 Å². The molecule has 8 heteroatoms.